The lowest BCUT2D eigenvalue weighted by Crippen LogP contribution is -2.03. The summed E-state index contributed by atoms with van der Waals surface area (Å²) in [5.74, 6) is 2.50. The van der Waals surface area contributed by atoms with Crippen LogP contribution >= 0.6 is 0 Å². The van der Waals surface area contributed by atoms with Crippen molar-refractivity contribution in [1.82, 2.24) is 19.7 Å². The van der Waals surface area contributed by atoms with Crippen molar-refractivity contribution in [2.75, 3.05) is 0 Å². The molecule has 5 rings (SSSR count). The fourth-order valence-corrected chi connectivity index (χ4v) is 3.47. The van der Waals surface area contributed by atoms with Gasteiger partial charge in [0.25, 0.3) is 5.89 Å². The largest absolute Gasteiger partial charge is 0.471 e. The molecule has 0 fully saturated rings. The first-order valence-corrected chi connectivity index (χ1v) is 11.1. The Morgan fingerprint density at radius 1 is 0.971 bits per heavy atom. The van der Waals surface area contributed by atoms with E-state index in [1.54, 1.807) is 41.5 Å². The highest BCUT2D eigenvalue weighted by Crippen LogP contribution is 2.23. The van der Waals surface area contributed by atoms with Gasteiger partial charge in [0.15, 0.2) is 5.76 Å². The number of rotatable bonds is 10. The third-order valence-electron chi connectivity index (χ3n) is 5.31. The minimum atomic E-state index is -0.155. The maximum atomic E-state index is 9.68. The van der Waals surface area contributed by atoms with Gasteiger partial charge in [0.1, 0.15) is 24.7 Å². The number of benzene rings is 1. The fourth-order valence-electron chi connectivity index (χ4n) is 3.47. The van der Waals surface area contributed by atoms with E-state index in [9.17, 15) is 5.11 Å². The van der Waals surface area contributed by atoms with Gasteiger partial charge in [0.2, 0.25) is 11.8 Å². The third-order valence-corrected chi connectivity index (χ3v) is 5.31. The zero-order chi connectivity index (χ0) is 24.0. The van der Waals surface area contributed by atoms with Gasteiger partial charge in [-0.2, -0.15) is 0 Å². The van der Waals surface area contributed by atoms with E-state index in [4.69, 9.17) is 18.3 Å². The van der Waals surface area contributed by atoms with Gasteiger partial charge in [-0.15, -0.1) is 5.10 Å². The number of oxazole rings is 1. The molecular formula is C26H24N4O5. The fraction of sp³-hybridized carbons (Fsp3) is 0.192. The standard InChI is InChI=1S/C26H24N4O5/c1-18-22(28-26(35-18)23-8-5-11-32-23)17-33-24-10-9-20(12-27-24)16-34-25-21(15-31)14-30(29-25)13-19-6-3-2-4-7-19/h2-12,14,31H,13,15-17H2,1H3. The van der Waals surface area contributed by atoms with Gasteiger partial charge in [-0.25, -0.2) is 9.97 Å². The van der Waals surface area contributed by atoms with Gasteiger partial charge in [-0.3, -0.25) is 4.68 Å². The summed E-state index contributed by atoms with van der Waals surface area (Å²) in [6, 6.07) is 17.2. The molecule has 0 bridgehead atoms. The van der Waals surface area contributed by atoms with E-state index in [0.29, 0.717) is 47.0 Å². The van der Waals surface area contributed by atoms with Crippen LogP contribution < -0.4 is 9.47 Å². The highest BCUT2D eigenvalue weighted by molar-refractivity contribution is 5.44. The molecule has 0 aliphatic carbocycles. The average molecular weight is 473 g/mol. The molecule has 9 nitrogen and oxygen atoms in total. The van der Waals surface area contributed by atoms with Crippen LogP contribution in [0.25, 0.3) is 11.7 Å². The Labute approximate surface area is 201 Å². The molecule has 4 heterocycles. The van der Waals surface area contributed by atoms with E-state index < -0.39 is 0 Å². The van der Waals surface area contributed by atoms with E-state index in [-0.39, 0.29) is 19.8 Å². The predicted molar refractivity (Wildman–Crippen MR) is 126 cm³/mol. The van der Waals surface area contributed by atoms with Crippen molar-refractivity contribution in [3.05, 3.63) is 101 Å². The van der Waals surface area contributed by atoms with Crippen LogP contribution in [-0.4, -0.2) is 24.9 Å². The second-order valence-electron chi connectivity index (χ2n) is 7.88. The van der Waals surface area contributed by atoms with E-state index in [1.165, 1.54) is 0 Å². The summed E-state index contributed by atoms with van der Waals surface area (Å²) in [5.41, 5.74) is 3.26. The summed E-state index contributed by atoms with van der Waals surface area (Å²) < 4.78 is 24.3. The average Bonchev–Trinajstić information content (AvgIpc) is 3.63. The number of aryl methyl sites for hydroxylation is 1. The molecule has 0 amide bonds. The molecule has 0 spiro atoms. The van der Waals surface area contributed by atoms with Crippen LogP contribution in [0.1, 0.15) is 28.1 Å². The Hall–Kier alpha value is -4.37. The molecule has 4 aromatic heterocycles. The zero-order valence-electron chi connectivity index (χ0n) is 19.1. The highest BCUT2D eigenvalue weighted by Gasteiger charge is 2.14. The summed E-state index contributed by atoms with van der Waals surface area (Å²) in [4.78, 5) is 8.77. The van der Waals surface area contributed by atoms with E-state index in [2.05, 4.69) is 15.1 Å². The van der Waals surface area contributed by atoms with Crippen molar-refractivity contribution >= 4 is 0 Å². The van der Waals surface area contributed by atoms with Crippen molar-refractivity contribution in [2.24, 2.45) is 0 Å². The normalized spacial score (nSPS) is 11.0. The van der Waals surface area contributed by atoms with E-state index in [1.807, 2.05) is 43.3 Å². The summed E-state index contributed by atoms with van der Waals surface area (Å²) in [6.45, 7) is 2.75. The predicted octanol–water partition coefficient (Wildman–Crippen LogP) is 4.53. The number of hydrogen-bond acceptors (Lipinski definition) is 8. The molecule has 1 N–H and O–H groups in total. The Morgan fingerprint density at radius 2 is 1.86 bits per heavy atom. The summed E-state index contributed by atoms with van der Waals surface area (Å²) >= 11 is 0. The van der Waals surface area contributed by atoms with Crippen molar-refractivity contribution in [1.29, 1.82) is 0 Å². The van der Waals surface area contributed by atoms with E-state index >= 15 is 0 Å². The van der Waals surface area contributed by atoms with Gasteiger partial charge in [-0.1, -0.05) is 30.3 Å². The van der Waals surface area contributed by atoms with Crippen LogP contribution in [0.5, 0.6) is 11.8 Å². The van der Waals surface area contributed by atoms with Crippen LogP contribution in [0.2, 0.25) is 0 Å². The number of nitrogens with zero attached hydrogens (tertiary/aromatic N) is 4. The number of ether oxygens (including phenoxy) is 2. The monoisotopic (exact) mass is 472 g/mol. The molecule has 0 saturated carbocycles. The number of aromatic nitrogens is 4. The lowest BCUT2D eigenvalue weighted by molar-refractivity contribution is 0.254. The lowest BCUT2D eigenvalue weighted by atomic mass is 10.2. The van der Waals surface area contributed by atoms with Crippen molar-refractivity contribution in [2.45, 2.75) is 33.3 Å². The second-order valence-corrected chi connectivity index (χ2v) is 7.88. The van der Waals surface area contributed by atoms with Crippen molar-refractivity contribution in [3.63, 3.8) is 0 Å². The number of pyridine rings is 1. The van der Waals surface area contributed by atoms with Crippen LogP contribution in [-0.2, 0) is 26.4 Å². The molecule has 178 valence electrons. The Morgan fingerprint density at radius 3 is 2.60 bits per heavy atom. The number of aliphatic hydroxyl groups is 1. The number of aliphatic hydroxyl groups excluding tert-OH is 1. The maximum absolute atomic E-state index is 9.68. The summed E-state index contributed by atoms with van der Waals surface area (Å²) in [7, 11) is 0. The molecule has 1 aromatic carbocycles. The minimum Gasteiger partial charge on any atom is -0.471 e. The second kappa shape index (κ2) is 10.3. The van der Waals surface area contributed by atoms with Crippen LogP contribution in [0.15, 0.2) is 82.1 Å². The Bertz CT molecular complexity index is 1360. The van der Waals surface area contributed by atoms with Gasteiger partial charge >= 0.3 is 0 Å². The van der Waals surface area contributed by atoms with Crippen LogP contribution in [0, 0.1) is 6.92 Å². The molecule has 0 saturated heterocycles. The molecule has 0 atom stereocenters. The lowest BCUT2D eigenvalue weighted by Gasteiger charge is -2.07. The van der Waals surface area contributed by atoms with Gasteiger partial charge in [-0.05, 0) is 30.7 Å². The molecule has 0 aliphatic heterocycles. The zero-order valence-corrected chi connectivity index (χ0v) is 19.1. The first kappa shape index (κ1) is 22.4. The van der Waals surface area contributed by atoms with E-state index in [0.717, 1.165) is 11.1 Å². The van der Waals surface area contributed by atoms with Gasteiger partial charge < -0.3 is 23.4 Å². The molecule has 9 heteroatoms. The van der Waals surface area contributed by atoms with Crippen molar-refractivity contribution < 1.29 is 23.4 Å². The minimum absolute atomic E-state index is 0.155. The molecule has 5 aromatic rings. The summed E-state index contributed by atoms with van der Waals surface area (Å²) in [5, 5.41) is 14.1. The first-order chi connectivity index (χ1) is 17.2. The van der Waals surface area contributed by atoms with Crippen molar-refractivity contribution in [3.8, 4) is 23.4 Å². The molecular weight excluding hydrogens is 448 g/mol. The molecule has 0 unspecified atom stereocenters. The highest BCUT2D eigenvalue weighted by atomic mass is 16.5. The molecule has 35 heavy (non-hydrogen) atoms. The quantitative estimate of drug-likeness (QED) is 0.316. The number of hydrogen-bond donors (Lipinski definition) is 1. The Balaban J connectivity index is 1.16. The SMILES string of the molecule is Cc1oc(-c2ccco2)nc1COc1ccc(COc2nn(Cc3ccccc3)cc2CO)cn1. The van der Waals surface area contributed by atoms with Crippen LogP contribution in [0.3, 0.4) is 0 Å². The summed E-state index contributed by atoms with van der Waals surface area (Å²) in [6.07, 6.45) is 5.04. The van der Waals surface area contributed by atoms with Gasteiger partial charge in [0.05, 0.1) is 25.0 Å². The number of furan rings is 1. The van der Waals surface area contributed by atoms with Gasteiger partial charge in [0, 0.05) is 24.0 Å². The first-order valence-electron chi connectivity index (χ1n) is 11.1. The third kappa shape index (κ3) is 5.42. The molecule has 0 radical (unpaired) electrons. The Kier molecular flexibility index (Phi) is 6.58. The topological polar surface area (TPSA) is 109 Å². The smallest absolute Gasteiger partial charge is 0.263 e. The molecule has 0 aliphatic rings. The van der Waals surface area contributed by atoms with Crippen LogP contribution in [0.4, 0.5) is 0 Å². The maximum Gasteiger partial charge on any atom is 0.263 e.